The highest BCUT2D eigenvalue weighted by atomic mass is 35.5. The lowest BCUT2D eigenvalue weighted by Crippen LogP contribution is -1.83. The van der Waals surface area contributed by atoms with E-state index in [2.05, 4.69) is 14.7 Å². The smallest absolute Gasteiger partial charge is 0.320 e. The van der Waals surface area contributed by atoms with Crippen LogP contribution in [0.1, 0.15) is 5.82 Å². The maximum atomic E-state index is 12.8. The van der Waals surface area contributed by atoms with Crippen molar-refractivity contribution in [2.24, 2.45) is 0 Å². The normalized spacial score (nSPS) is 10.5. The molecule has 1 aromatic carbocycles. The number of benzene rings is 1. The van der Waals surface area contributed by atoms with Crippen molar-refractivity contribution in [3.05, 3.63) is 41.3 Å². The molecule has 2 rings (SSSR count). The van der Waals surface area contributed by atoms with E-state index in [0.717, 1.165) is 4.90 Å². The van der Waals surface area contributed by atoms with E-state index in [0.29, 0.717) is 11.6 Å². The van der Waals surface area contributed by atoms with Gasteiger partial charge in [-0.1, -0.05) is 11.2 Å². The van der Waals surface area contributed by atoms with E-state index in [1.165, 1.54) is 23.9 Å². The highest BCUT2D eigenvalue weighted by Crippen LogP contribution is 2.22. The van der Waals surface area contributed by atoms with Crippen LogP contribution in [-0.2, 0) is 5.75 Å². The SMILES string of the molecule is Fc1cccc(SCc2noc(Cl)n2)c1. The first-order valence-corrected chi connectivity index (χ1v) is 5.47. The number of thioether (sulfide) groups is 1. The maximum Gasteiger partial charge on any atom is 0.320 e. The quantitative estimate of drug-likeness (QED) is 0.778. The number of aromatic nitrogens is 2. The molecule has 2 aromatic rings. The Morgan fingerprint density at radius 1 is 1.47 bits per heavy atom. The summed E-state index contributed by atoms with van der Waals surface area (Å²) in [7, 11) is 0. The van der Waals surface area contributed by atoms with Gasteiger partial charge in [0.1, 0.15) is 5.82 Å². The van der Waals surface area contributed by atoms with Crippen molar-refractivity contribution in [3.8, 4) is 0 Å². The zero-order valence-corrected chi connectivity index (χ0v) is 9.06. The predicted molar refractivity (Wildman–Crippen MR) is 55.3 cm³/mol. The van der Waals surface area contributed by atoms with Gasteiger partial charge in [-0.15, -0.1) is 11.8 Å². The van der Waals surface area contributed by atoms with Crippen LogP contribution in [0.25, 0.3) is 0 Å². The molecule has 0 unspecified atom stereocenters. The van der Waals surface area contributed by atoms with Gasteiger partial charge in [0.05, 0.1) is 5.75 Å². The molecule has 0 aliphatic heterocycles. The molecule has 0 amide bonds. The van der Waals surface area contributed by atoms with Crippen LogP contribution in [-0.4, -0.2) is 10.1 Å². The summed E-state index contributed by atoms with van der Waals surface area (Å²) in [6.45, 7) is 0. The summed E-state index contributed by atoms with van der Waals surface area (Å²) >= 11 is 6.88. The standard InChI is InChI=1S/C9H6ClFN2OS/c10-9-12-8(13-14-9)5-15-7-3-1-2-6(11)4-7/h1-4H,5H2. The molecule has 0 fully saturated rings. The van der Waals surface area contributed by atoms with E-state index >= 15 is 0 Å². The van der Waals surface area contributed by atoms with Crippen LogP contribution in [0.3, 0.4) is 0 Å². The number of nitrogens with zero attached hydrogens (tertiary/aromatic N) is 2. The molecule has 3 nitrogen and oxygen atoms in total. The van der Waals surface area contributed by atoms with Gasteiger partial charge in [-0.2, -0.15) is 4.98 Å². The molecule has 0 saturated heterocycles. The van der Waals surface area contributed by atoms with Crippen molar-refractivity contribution >= 4 is 23.4 Å². The third-order valence-corrected chi connectivity index (χ3v) is 2.75. The van der Waals surface area contributed by atoms with Gasteiger partial charge < -0.3 is 4.52 Å². The molecule has 0 bridgehead atoms. The minimum absolute atomic E-state index is 0.0184. The van der Waals surface area contributed by atoms with Gasteiger partial charge in [0.15, 0.2) is 5.82 Å². The Kier molecular flexibility index (Phi) is 3.23. The van der Waals surface area contributed by atoms with E-state index in [1.54, 1.807) is 6.07 Å². The Bertz CT molecular complexity index is 463. The summed E-state index contributed by atoms with van der Waals surface area (Å²) < 4.78 is 17.4. The molecule has 6 heteroatoms. The van der Waals surface area contributed by atoms with Crippen molar-refractivity contribution in [1.29, 1.82) is 0 Å². The highest BCUT2D eigenvalue weighted by molar-refractivity contribution is 7.98. The summed E-state index contributed by atoms with van der Waals surface area (Å²) in [6.07, 6.45) is 0. The van der Waals surface area contributed by atoms with Crippen molar-refractivity contribution in [3.63, 3.8) is 0 Å². The van der Waals surface area contributed by atoms with E-state index < -0.39 is 0 Å². The predicted octanol–water partition coefficient (Wildman–Crippen LogP) is 3.15. The van der Waals surface area contributed by atoms with Crippen molar-refractivity contribution in [2.75, 3.05) is 0 Å². The summed E-state index contributed by atoms with van der Waals surface area (Å²) in [6, 6.07) is 6.32. The Morgan fingerprint density at radius 2 is 2.33 bits per heavy atom. The third kappa shape index (κ3) is 2.94. The molecule has 0 saturated carbocycles. The van der Waals surface area contributed by atoms with E-state index in [9.17, 15) is 4.39 Å². The minimum atomic E-state index is -0.258. The summed E-state index contributed by atoms with van der Waals surface area (Å²) in [5.41, 5.74) is 0. The Morgan fingerprint density at radius 3 is 3.00 bits per heavy atom. The minimum Gasteiger partial charge on any atom is -0.321 e. The first-order chi connectivity index (χ1) is 7.24. The Balaban J connectivity index is 1.99. The van der Waals surface area contributed by atoms with Crippen LogP contribution < -0.4 is 0 Å². The van der Waals surface area contributed by atoms with E-state index in [1.807, 2.05) is 6.07 Å². The van der Waals surface area contributed by atoms with Crippen LogP contribution in [0.15, 0.2) is 33.7 Å². The monoisotopic (exact) mass is 244 g/mol. The zero-order chi connectivity index (χ0) is 10.7. The maximum absolute atomic E-state index is 12.8. The molecular formula is C9H6ClFN2OS. The molecule has 0 atom stereocenters. The summed E-state index contributed by atoms with van der Waals surface area (Å²) in [5, 5.41) is 3.64. The fraction of sp³-hybridized carbons (Fsp3) is 0.111. The second kappa shape index (κ2) is 4.63. The molecule has 0 radical (unpaired) electrons. The summed E-state index contributed by atoms with van der Waals surface area (Å²) in [5.74, 6) is 0.736. The van der Waals surface area contributed by atoms with Gasteiger partial charge in [-0.3, -0.25) is 0 Å². The molecule has 1 heterocycles. The van der Waals surface area contributed by atoms with Gasteiger partial charge in [-0.25, -0.2) is 4.39 Å². The fourth-order valence-electron chi connectivity index (χ4n) is 0.996. The lowest BCUT2D eigenvalue weighted by Gasteiger charge is -1.97. The second-order valence-electron chi connectivity index (χ2n) is 2.71. The number of rotatable bonds is 3. The van der Waals surface area contributed by atoms with Crippen LogP contribution in [0.5, 0.6) is 0 Å². The molecule has 78 valence electrons. The van der Waals surface area contributed by atoms with Gasteiger partial charge in [0.25, 0.3) is 0 Å². The van der Waals surface area contributed by atoms with Crippen molar-refractivity contribution < 1.29 is 8.91 Å². The topological polar surface area (TPSA) is 38.9 Å². The molecule has 0 aliphatic carbocycles. The van der Waals surface area contributed by atoms with Gasteiger partial charge >= 0.3 is 5.35 Å². The van der Waals surface area contributed by atoms with Crippen molar-refractivity contribution in [1.82, 2.24) is 10.1 Å². The molecular weight excluding hydrogens is 239 g/mol. The molecule has 0 N–H and O–H groups in total. The zero-order valence-electron chi connectivity index (χ0n) is 7.48. The van der Waals surface area contributed by atoms with Gasteiger partial charge in [0.2, 0.25) is 0 Å². The van der Waals surface area contributed by atoms with Crippen LogP contribution in [0, 0.1) is 5.82 Å². The Hall–Kier alpha value is -1.07. The van der Waals surface area contributed by atoms with E-state index in [-0.39, 0.29) is 11.2 Å². The van der Waals surface area contributed by atoms with Gasteiger partial charge in [0, 0.05) is 4.90 Å². The average molecular weight is 245 g/mol. The molecule has 1 aromatic heterocycles. The number of halogens is 2. The third-order valence-electron chi connectivity index (χ3n) is 1.61. The number of hydrogen-bond donors (Lipinski definition) is 0. The van der Waals surface area contributed by atoms with Crippen molar-refractivity contribution in [2.45, 2.75) is 10.6 Å². The molecule has 15 heavy (non-hydrogen) atoms. The summed E-state index contributed by atoms with van der Waals surface area (Å²) in [4.78, 5) is 4.64. The van der Waals surface area contributed by atoms with Crippen LogP contribution >= 0.6 is 23.4 Å². The second-order valence-corrected chi connectivity index (χ2v) is 4.08. The van der Waals surface area contributed by atoms with Crippen LogP contribution in [0.2, 0.25) is 5.35 Å². The lowest BCUT2D eigenvalue weighted by molar-refractivity contribution is 0.414. The Labute approximate surface area is 94.6 Å². The van der Waals surface area contributed by atoms with Gasteiger partial charge in [-0.05, 0) is 29.8 Å². The first kappa shape index (κ1) is 10.4. The molecule has 0 aliphatic rings. The first-order valence-electron chi connectivity index (χ1n) is 4.10. The van der Waals surface area contributed by atoms with E-state index in [4.69, 9.17) is 11.6 Å². The largest absolute Gasteiger partial charge is 0.321 e. The lowest BCUT2D eigenvalue weighted by atomic mass is 10.4. The van der Waals surface area contributed by atoms with Crippen LogP contribution in [0.4, 0.5) is 4.39 Å². The fourth-order valence-corrected chi connectivity index (χ4v) is 1.91. The average Bonchev–Trinajstić information content (AvgIpc) is 2.62. The number of hydrogen-bond acceptors (Lipinski definition) is 4. The molecule has 0 spiro atoms. The highest BCUT2D eigenvalue weighted by Gasteiger charge is 2.04.